The van der Waals surface area contributed by atoms with Crippen LogP contribution in [0.2, 0.25) is 0 Å². The molecule has 1 aliphatic heterocycles. The lowest BCUT2D eigenvalue weighted by molar-refractivity contribution is -0.142. The van der Waals surface area contributed by atoms with Gasteiger partial charge in [0.25, 0.3) is 0 Å². The summed E-state index contributed by atoms with van der Waals surface area (Å²) in [5.41, 5.74) is 8.07. The third-order valence-corrected chi connectivity index (χ3v) is 3.51. The number of methoxy groups -OCH3 is 1. The Labute approximate surface area is 119 Å². The summed E-state index contributed by atoms with van der Waals surface area (Å²) in [5.74, 6) is -0.0572. The van der Waals surface area contributed by atoms with E-state index in [1.54, 1.807) is 12.0 Å². The average molecular weight is 278 g/mol. The molecular weight excluding hydrogens is 256 g/mol. The van der Waals surface area contributed by atoms with E-state index < -0.39 is 6.04 Å². The lowest BCUT2D eigenvalue weighted by Crippen LogP contribution is -2.49. The first kappa shape index (κ1) is 15.0. The number of morpholine rings is 1. The van der Waals surface area contributed by atoms with Crippen LogP contribution < -0.4 is 5.73 Å². The van der Waals surface area contributed by atoms with E-state index in [1.165, 1.54) is 0 Å². The minimum Gasteiger partial charge on any atom is -0.382 e. The maximum absolute atomic E-state index is 12.4. The maximum atomic E-state index is 12.4. The Hall–Kier alpha value is -1.43. The highest BCUT2D eigenvalue weighted by Gasteiger charge is 2.28. The summed E-state index contributed by atoms with van der Waals surface area (Å²) < 4.78 is 10.6. The van der Waals surface area contributed by atoms with Crippen LogP contribution >= 0.6 is 0 Å². The first-order valence-electron chi connectivity index (χ1n) is 6.83. The molecule has 2 unspecified atom stereocenters. The molecule has 1 fully saturated rings. The van der Waals surface area contributed by atoms with Crippen LogP contribution in [0.15, 0.2) is 24.3 Å². The van der Waals surface area contributed by atoms with Gasteiger partial charge < -0.3 is 20.1 Å². The van der Waals surface area contributed by atoms with Crippen molar-refractivity contribution < 1.29 is 14.3 Å². The molecule has 1 aliphatic rings. The lowest BCUT2D eigenvalue weighted by atomic mass is 10.0. The van der Waals surface area contributed by atoms with E-state index in [0.29, 0.717) is 26.3 Å². The second-order valence-electron chi connectivity index (χ2n) is 5.12. The molecule has 2 rings (SSSR count). The van der Waals surface area contributed by atoms with E-state index in [2.05, 4.69) is 0 Å². The molecule has 1 aromatic rings. The van der Waals surface area contributed by atoms with Crippen LogP contribution in [0.4, 0.5) is 0 Å². The van der Waals surface area contributed by atoms with E-state index in [4.69, 9.17) is 15.2 Å². The van der Waals surface area contributed by atoms with Gasteiger partial charge in [0, 0.05) is 20.2 Å². The molecule has 0 saturated carbocycles. The number of hydrogen-bond donors (Lipinski definition) is 1. The van der Waals surface area contributed by atoms with Gasteiger partial charge in [0.15, 0.2) is 0 Å². The molecule has 0 radical (unpaired) electrons. The Morgan fingerprint density at radius 3 is 2.85 bits per heavy atom. The third-order valence-electron chi connectivity index (χ3n) is 3.51. The molecule has 5 nitrogen and oxygen atoms in total. The second kappa shape index (κ2) is 6.83. The number of amides is 1. The summed E-state index contributed by atoms with van der Waals surface area (Å²) in [6.07, 6.45) is -0.0667. The highest BCUT2D eigenvalue weighted by Crippen LogP contribution is 2.16. The van der Waals surface area contributed by atoms with Crippen molar-refractivity contribution in [3.8, 4) is 0 Å². The van der Waals surface area contributed by atoms with Crippen LogP contribution in [0, 0.1) is 6.92 Å². The van der Waals surface area contributed by atoms with Gasteiger partial charge in [-0.1, -0.05) is 29.8 Å². The van der Waals surface area contributed by atoms with Crippen molar-refractivity contribution in [2.24, 2.45) is 5.73 Å². The van der Waals surface area contributed by atoms with Crippen molar-refractivity contribution in [3.05, 3.63) is 35.4 Å². The first-order valence-corrected chi connectivity index (χ1v) is 6.83. The second-order valence-corrected chi connectivity index (χ2v) is 5.12. The van der Waals surface area contributed by atoms with Crippen LogP contribution in [0.5, 0.6) is 0 Å². The smallest absolute Gasteiger partial charge is 0.244 e. The first-order chi connectivity index (χ1) is 9.61. The molecule has 1 heterocycles. The Morgan fingerprint density at radius 1 is 1.50 bits per heavy atom. The van der Waals surface area contributed by atoms with Gasteiger partial charge in [0.05, 0.1) is 19.3 Å². The summed E-state index contributed by atoms with van der Waals surface area (Å²) >= 11 is 0. The molecule has 1 aromatic carbocycles. The summed E-state index contributed by atoms with van der Waals surface area (Å²) in [6.45, 7) is 4.14. The fraction of sp³-hybridized carbons (Fsp3) is 0.533. The van der Waals surface area contributed by atoms with Crippen molar-refractivity contribution in [2.45, 2.75) is 19.1 Å². The number of aryl methyl sites for hydroxylation is 1. The fourth-order valence-corrected chi connectivity index (χ4v) is 2.32. The van der Waals surface area contributed by atoms with Crippen LogP contribution in [0.3, 0.4) is 0 Å². The monoisotopic (exact) mass is 278 g/mol. The van der Waals surface area contributed by atoms with Gasteiger partial charge in [-0.05, 0) is 12.5 Å². The standard InChI is InChI=1S/C15H22N2O3/c1-11-3-5-12(6-4-11)14(16)15(18)17-7-8-20-13(9-17)10-19-2/h3-6,13-14H,7-10,16H2,1-2H3. The normalized spacial score (nSPS) is 20.8. The van der Waals surface area contributed by atoms with Crippen molar-refractivity contribution in [1.82, 2.24) is 4.90 Å². The van der Waals surface area contributed by atoms with Gasteiger partial charge in [-0.15, -0.1) is 0 Å². The van der Waals surface area contributed by atoms with Crippen molar-refractivity contribution in [2.75, 3.05) is 33.4 Å². The minimum absolute atomic E-state index is 0.0572. The van der Waals surface area contributed by atoms with Crippen LogP contribution in [0.25, 0.3) is 0 Å². The number of rotatable bonds is 4. The molecule has 1 amide bonds. The number of carbonyl (C=O) groups excluding carboxylic acids is 1. The summed E-state index contributed by atoms with van der Waals surface area (Å²) in [7, 11) is 1.63. The number of nitrogens with two attached hydrogens (primary N) is 1. The molecule has 2 N–H and O–H groups in total. The SMILES string of the molecule is COCC1CN(C(=O)C(N)c2ccc(C)cc2)CCO1. The highest BCUT2D eigenvalue weighted by molar-refractivity contribution is 5.83. The topological polar surface area (TPSA) is 64.8 Å². The zero-order chi connectivity index (χ0) is 14.5. The van der Waals surface area contributed by atoms with Gasteiger partial charge in [-0.3, -0.25) is 4.79 Å². The van der Waals surface area contributed by atoms with Crippen LogP contribution in [-0.4, -0.2) is 50.3 Å². The lowest BCUT2D eigenvalue weighted by Gasteiger charge is -2.34. The number of carbonyl (C=O) groups is 1. The molecule has 0 aliphatic carbocycles. The third kappa shape index (κ3) is 3.56. The Balaban J connectivity index is 2.00. The summed E-state index contributed by atoms with van der Waals surface area (Å²) in [4.78, 5) is 14.2. The number of benzene rings is 1. The molecular formula is C15H22N2O3. The zero-order valence-electron chi connectivity index (χ0n) is 12.0. The van der Waals surface area contributed by atoms with Gasteiger partial charge in [0.1, 0.15) is 6.04 Å². The van der Waals surface area contributed by atoms with Gasteiger partial charge in [-0.2, -0.15) is 0 Å². The molecule has 0 spiro atoms. The molecule has 0 bridgehead atoms. The molecule has 20 heavy (non-hydrogen) atoms. The predicted octanol–water partition coefficient (Wildman–Crippen LogP) is 0.869. The number of nitrogens with zero attached hydrogens (tertiary/aromatic N) is 1. The molecule has 0 aromatic heterocycles. The largest absolute Gasteiger partial charge is 0.382 e. The summed E-state index contributed by atoms with van der Waals surface area (Å²) in [5, 5.41) is 0. The average Bonchev–Trinajstić information content (AvgIpc) is 2.47. The van der Waals surface area contributed by atoms with Crippen molar-refractivity contribution in [1.29, 1.82) is 0 Å². The van der Waals surface area contributed by atoms with Crippen molar-refractivity contribution >= 4 is 5.91 Å². The molecule has 2 atom stereocenters. The molecule has 1 saturated heterocycles. The van der Waals surface area contributed by atoms with Crippen LogP contribution in [-0.2, 0) is 14.3 Å². The fourth-order valence-electron chi connectivity index (χ4n) is 2.32. The van der Waals surface area contributed by atoms with E-state index in [-0.39, 0.29) is 12.0 Å². The maximum Gasteiger partial charge on any atom is 0.244 e. The predicted molar refractivity (Wildman–Crippen MR) is 76.3 cm³/mol. The quantitative estimate of drug-likeness (QED) is 0.887. The van der Waals surface area contributed by atoms with E-state index >= 15 is 0 Å². The number of ether oxygens (including phenoxy) is 2. The zero-order valence-corrected chi connectivity index (χ0v) is 12.0. The van der Waals surface area contributed by atoms with Crippen molar-refractivity contribution in [3.63, 3.8) is 0 Å². The Bertz CT molecular complexity index is 445. The van der Waals surface area contributed by atoms with E-state index in [9.17, 15) is 4.79 Å². The Kier molecular flexibility index (Phi) is 5.11. The highest BCUT2D eigenvalue weighted by atomic mass is 16.5. The minimum atomic E-state index is -0.614. The number of hydrogen-bond acceptors (Lipinski definition) is 4. The van der Waals surface area contributed by atoms with Gasteiger partial charge in [0.2, 0.25) is 5.91 Å². The summed E-state index contributed by atoms with van der Waals surface area (Å²) in [6, 6.07) is 7.14. The van der Waals surface area contributed by atoms with Gasteiger partial charge >= 0.3 is 0 Å². The van der Waals surface area contributed by atoms with E-state index in [1.807, 2.05) is 31.2 Å². The Morgan fingerprint density at radius 2 is 2.20 bits per heavy atom. The molecule has 110 valence electrons. The van der Waals surface area contributed by atoms with Crippen LogP contribution in [0.1, 0.15) is 17.2 Å². The molecule has 5 heteroatoms. The van der Waals surface area contributed by atoms with Gasteiger partial charge in [-0.25, -0.2) is 0 Å². The van der Waals surface area contributed by atoms with E-state index in [0.717, 1.165) is 11.1 Å².